The molecule has 2 aliphatic rings. The van der Waals surface area contributed by atoms with E-state index in [1.165, 1.54) is 0 Å². The number of aryl methyl sites for hydroxylation is 2. The number of thioether (sulfide) groups is 1. The first-order valence-corrected chi connectivity index (χ1v) is 12.2. The van der Waals surface area contributed by atoms with Crippen LogP contribution < -0.4 is 0 Å². The molecule has 0 radical (unpaired) electrons. The third-order valence-electron chi connectivity index (χ3n) is 4.94. The number of fused-ring (bicyclic) bond motifs is 1. The van der Waals surface area contributed by atoms with E-state index in [1.54, 1.807) is 6.08 Å². The molecule has 0 saturated heterocycles. The SMILES string of the molecule is Cc1ccc(-n2c(C)cc(/C=C3/C(=N)N4N=C(S(C)(=O)=O)SC4=NC3=O)c2C)cc1Cl. The number of carbonyl (C=O) groups excluding carboxylic acids is 1. The minimum atomic E-state index is -3.58. The van der Waals surface area contributed by atoms with Crippen LogP contribution in [0, 0.1) is 26.2 Å². The number of hydrogen-bond acceptors (Lipinski definition) is 6. The third-order valence-corrected chi connectivity index (χ3v) is 7.92. The van der Waals surface area contributed by atoms with Crippen LogP contribution in [0.5, 0.6) is 0 Å². The zero-order valence-electron chi connectivity index (χ0n) is 17.1. The van der Waals surface area contributed by atoms with Crippen molar-refractivity contribution in [3.8, 4) is 5.69 Å². The van der Waals surface area contributed by atoms with E-state index in [0.29, 0.717) is 5.02 Å². The van der Waals surface area contributed by atoms with Gasteiger partial charge in [0.15, 0.2) is 5.84 Å². The summed E-state index contributed by atoms with van der Waals surface area (Å²) in [6.45, 7) is 5.78. The Balaban J connectivity index is 1.76. The number of amidine groups is 2. The molecule has 0 unspecified atom stereocenters. The number of hydrogen-bond donors (Lipinski definition) is 1. The molecule has 8 nitrogen and oxygen atoms in total. The summed E-state index contributed by atoms with van der Waals surface area (Å²) < 4.78 is 25.4. The quantitative estimate of drug-likeness (QED) is 0.666. The van der Waals surface area contributed by atoms with Crippen LogP contribution in [0.3, 0.4) is 0 Å². The third kappa shape index (κ3) is 3.75. The van der Waals surface area contributed by atoms with E-state index in [-0.39, 0.29) is 21.0 Å². The van der Waals surface area contributed by atoms with E-state index in [0.717, 1.165) is 51.2 Å². The number of nitrogens with one attached hydrogen (secondary N) is 1. The van der Waals surface area contributed by atoms with Gasteiger partial charge < -0.3 is 4.57 Å². The van der Waals surface area contributed by atoms with Gasteiger partial charge >= 0.3 is 0 Å². The summed E-state index contributed by atoms with van der Waals surface area (Å²) in [5, 5.41) is 14.2. The number of hydrazone groups is 1. The number of aliphatic imine (C=N–C) groups is 1. The smallest absolute Gasteiger partial charge is 0.283 e. The van der Waals surface area contributed by atoms with Crippen molar-refractivity contribution in [3.63, 3.8) is 0 Å². The molecule has 0 fully saturated rings. The molecule has 2 aliphatic heterocycles. The van der Waals surface area contributed by atoms with Gasteiger partial charge in [0.2, 0.25) is 19.4 Å². The number of aromatic nitrogens is 1. The first-order valence-electron chi connectivity index (χ1n) is 9.13. The molecule has 1 N–H and O–H groups in total. The number of rotatable bonds is 2. The van der Waals surface area contributed by atoms with Crippen LogP contribution in [0.1, 0.15) is 22.5 Å². The number of halogens is 1. The minimum absolute atomic E-state index is 0.0324. The fraction of sp³-hybridized carbons (Fsp3) is 0.200. The monoisotopic (exact) mass is 475 g/mol. The standard InChI is InChI=1S/C20H18ClN5O3S2/c1-10-5-6-14(9-16(10)21)25-11(2)7-13(12(25)3)8-15-17(22)26-19(23-18(15)27)30-20(24-26)31(4,28)29/h5-9,22H,1-4H3/b15-8-,22-17?. The Labute approximate surface area is 188 Å². The van der Waals surface area contributed by atoms with Crippen LogP contribution in [0.15, 0.2) is 39.9 Å². The van der Waals surface area contributed by atoms with Gasteiger partial charge in [0.1, 0.15) is 0 Å². The normalized spacial score (nSPS) is 17.8. The Hall–Kier alpha value is -2.69. The highest BCUT2D eigenvalue weighted by Gasteiger charge is 2.38. The first-order chi connectivity index (χ1) is 14.5. The first kappa shape index (κ1) is 21.5. The van der Waals surface area contributed by atoms with Crippen LogP contribution in [0.4, 0.5) is 0 Å². The Morgan fingerprint density at radius 1 is 1.19 bits per heavy atom. The molecule has 2 aromatic rings. The molecule has 0 aliphatic carbocycles. The van der Waals surface area contributed by atoms with Crippen molar-refractivity contribution in [2.45, 2.75) is 20.8 Å². The number of sulfone groups is 1. The second kappa shape index (κ2) is 7.47. The topological polar surface area (TPSA) is 108 Å². The van der Waals surface area contributed by atoms with Gasteiger partial charge in [-0.2, -0.15) is 10.0 Å². The van der Waals surface area contributed by atoms with Crippen molar-refractivity contribution in [3.05, 3.63) is 57.4 Å². The molecule has 0 saturated carbocycles. The number of amides is 1. The van der Waals surface area contributed by atoms with Crippen molar-refractivity contribution in [1.82, 2.24) is 9.58 Å². The second-order valence-corrected chi connectivity index (χ2v) is 10.8. The minimum Gasteiger partial charge on any atom is -0.318 e. The fourth-order valence-corrected chi connectivity index (χ4v) is 5.19. The van der Waals surface area contributed by atoms with Gasteiger partial charge in [-0.3, -0.25) is 10.2 Å². The highest BCUT2D eigenvalue weighted by molar-refractivity contribution is 8.42. The molecule has 160 valence electrons. The van der Waals surface area contributed by atoms with Gasteiger partial charge in [-0.25, -0.2) is 8.42 Å². The van der Waals surface area contributed by atoms with Gasteiger partial charge in [0.25, 0.3) is 5.91 Å². The van der Waals surface area contributed by atoms with Gasteiger partial charge in [-0.05, 0) is 67.9 Å². The fourth-order valence-electron chi connectivity index (χ4n) is 3.33. The largest absolute Gasteiger partial charge is 0.318 e. The van der Waals surface area contributed by atoms with E-state index in [4.69, 9.17) is 17.0 Å². The van der Waals surface area contributed by atoms with Crippen LogP contribution in [0.25, 0.3) is 11.8 Å². The van der Waals surface area contributed by atoms with E-state index >= 15 is 0 Å². The summed E-state index contributed by atoms with van der Waals surface area (Å²) in [6, 6.07) is 7.68. The molecule has 31 heavy (non-hydrogen) atoms. The molecule has 11 heteroatoms. The molecule has 4 rings (SSSR count). The van der Waals surface area contributed by atoms with Gasteiger partial charge in [0.05, 0.1) is 5.57 Å². The number of carbonyl (C=O) groups is 1. The molecule has 1 amide bonds. The van der Waals surface area contributed by atoms with Crippen LogP contribution in [-0.4, -0.2) is 45.5 Å². The summed E-state index contributed by atoms with van der Waals surface area (Å²) in [5.41, 5.74) is 4.42. The molecule has 0 atom stereocenters. The summed E-state index contributed by atoms with van der Waals surface area (Å²) in [7, 11) is -3.58. The molecular formula is C20H18ClN5O3S2. The summed E-state index contributed by atoms with van der Waals surface area (Å²) in [6.07, 6.45) is 2.60. The molecule has 1 aromatic carbocycles. The summed E-state index contributed by atoms with van der Waals surface area (Å²) in [5.74, 6) is -0.832. The lowest BCUT2D eigenvalue weighted by Gasteiger charge is -2.20. The predicted molar refractivity (Wildman–Crippen MR) is 125 cm³/mol. The Kier molecular flexibility index (Phi) is 5.19. The zero-order chi connectivity index (χ0) is 22.7. The van der Waals surface area contributed by atoms with Crippen molar-refractivity contribution in [1.29, 1.82) is 5.41 Å². The average molecular weight is 476 g/mol. The molecular weight excluding hydrogens is 458 g/mol. The van der Waals surface area contributed by atoms with E-state index in [2.05, 4.69) is 10.1 Å². The number of benzene rings is 1. The van der Waals surface area contributed by atoms with Crippen molar-refractivity contribution in [2.75, 3.05) is 6.26 Å². The Morgan fingerprint density at radius 2 is 1.90 bits per heavy atom. The lowest BCUT2D eigenvalue weighted by molar-refractivity contribution is -0.114. The average Bonchev–Trinajstić information content (AvgIpc) is 3.22. The maximum absolute atomic E-state index is 12.6. The molecule has 0 spiro atoms. The number of nitrogens with zero attached hydrogens (tertiary/aromatic N) is 4. The zero-order valence-corrected chi connectivity index (χ0v) is 19.5. The van der Waals surface area contributed by atoms with Crippen molar-refractivity contribution >= 4 is 60.6 Å². The van der Waals surface area contributed by atoms with Gasteiger partial charge in [-0.15, -0.1) is 5.10 Å². The summed E-state index contributed by atoms with van der Waals surface area (Å²) in [4.78, 5) is 16.5. The molecule has 0 bridgehead atoms. The highest BCUT2D eigenvalue weighted by atomic mass is 35.5. The van der Waals surface area contributed by atoms with E-state index < -0.39 is 15.7 Å². The van der Waals surface area contributed by atoms with Crippen molar-refractivity contribution in [2.24, 2.45) is 10.1 Å². The molecule has 3 heterocycles. The second-order valence-electron chi connectivity index (χ2n) is 7.25. The van der Waals surface area contributed by atoms with Crippen LogP contribution in [-0.2, 0) is 14.6 Å². The summed E-state index contributed by atoms with van der Waals surface area (Å²) >= 11 is 7.05. The van der Waals surface area contributed by atoms with Gasteiger partial charge in [0, 0.05) is 28.4 Å². The predicted octanol–water partition coefficient (Wildman–Crippen LogP) is 3.68. The lowest BCUT2D eigenvalue weighted by Crippen LogP contribution is -2.35. The molecule has 1 aromatic heterocycles. The van der Waals surface area contributed by atoms with Crippen molar-refractivity contribution < 1.29 is 13.2 Å². The maximum Gasteiger partial charge on any atom is 0.283 e. The van der Waals surface area contributed by atoms with Gasteiger partial charge in [-0.1, -0.05) is 17.7 Å². The Bertz CT molecular complexity index is 1370. The van der Waals surface area contributed by atoms with Crippen LogP contribution in [0.2, 0.25) is 5.02 Å². The van der Waals surface area contributed by atoms with Crippen LogP contribution >= 0.6 is 23.4 Å². The lowest BCUT2D eigenvalue weighted by atomic mass is 10.1. The van der Waals surface area contributed by atoms with E-state index in [1.807, 2.05) is 49.6 Å². The highest BCUT2D eigenvalue weighted by Crippen LogP contribution is 2.31. The Morgan fingerprint density at radius 3 is 2.55 bits per heavy atom. The van der Waals surface area contributed by atoms with E-state index in [9.17, 15) is 13.2 Å². The maximum atomic E-state index is 12.6.